The van der Waals surface area contributed by atoms with E-state index in [0.29, 0.717) is 0 Å². The predicted octanol–water partition coefficient (Wildman–Crippen LogP) is -0.718. The molecule has 2 rings (SSSR count). The van der Waals surface area contributed by atoms with Gasteiger partial charge in [0.2, 0.25) is 5.91 Å². The van der Waals surface area contributed by atoms with Gasteiger partial charge < -0.3 is 16.0 Å². The molecular formula is C7H15Cl2N3O. The van der Waals surface area contributed by atoms with E-state index in [1.54, 1.807) is 0 Å². The summed E-state index contributed by atoms with van der Waals surface area (Å²) in [6, 6.07) is 0. The lowest BCUT2D eigenvalue weighted by molar-refractivity contribution is -0.128. The number of amides is 1. The van der Waals surface area contributed by atoms with Crippen LogP contribution in [-0.2, 0) is 4.79 Å². The van der Waals surface area contributed by atoms with Crippen molar-refractivity contribution < 1.29 is 4.79 Å². The Morgan fingerprint density at radius 1 is 1.15 bits per heavy atom. The van der Waals surface area contributed by atoms with Crippen molar-refractivity contribution in [1.29, 1.82) is 0 Å². The molecule has 3 N–H and O–H groups in total. The number of carbonyl (C=O) groups is 1. The smallest absolute Gasteiger partial charge is 0.242 e. The highest BCUT2D eigenvalue weighted by Gasteiger charge is 2.44. The van der Waals surface area contributed by atoms with Gasteiger partial charge in [-0.2, -0.15) is 0 Å². The average Bonchev–Trinajstić information content (AvgIpc) is 2.09. The van der Waals surface area contributed by atoms with Gasteiger partial charge in [-0.15, -0.1) is 24.8 Å². The van der Waals surface area contributed by atoms with Gasteiger partial charge in [0.05, 0.1) is 0 Å². The van der Waals surface area contributed by atoms with Crippen molar-refractivity contribution >= 4 is 30.7 Å². The van der Waals surface area contributed by atoms with Crippen LogP contribution in [0.2, 0.25) is 0 Å². The maximum absolute atomic E-state index is 11.4. The molecule has 4 nitrogen and oxygen atoms in total. The lowest BCUT2D eigenvalue weighted by atomic mass is 9.91. The molecule has 0 aliphatic carbocycles. The molecule has 78 valence electrons. The summed E-state index contributed by atoms with van der Waals surface area (Å²) >= 11 is 0. The molecule has 2 saturated heterocycles. The maximum Gasteiger partial charge on any atom is 0.242 e. The second-order valence-electron chi connectivity index (χ2n) is 3.22. The summed E-state index contributed by atoms with van der Waals surface area (Å²) in [6.07, 6.45) is 1.04. The summed E-state index contributed by atoms with van der Waals surface area (Å²) in [5, 5.41) is 9.27. The zero-order valence-electron chi connectivity index (χ0n) is 7.26. The minimum Gasteiger partial charge on any atom is -0.354 e. The van der Waals surface area contributed by atoms with Crippen LogP contribution in [0.15, 0.2) is 0 Å². The van der Waals surface area contributed by atoms with E-state index in [-0.39, 0.29) is 36.3 Å². The number of hydrogen-bond acceptors (Lipinski definition) is 3. The van der Waals surface area contributed by atoms with Gasteiger partial charge in [-0.1, -0.05) is 0 Å². The van der Waals surface area contributed by atoms with Crippen LogP contribution >= 0.6 is 24.8 Å². The van der Waals surface area contributed by atoms with E-state index in [0.717, 1.165) is 32.6 Å². The van der Waals surface area contributed by atoms with Crippen molar-refractivity contribution in [2.75, 3.05) is 26.2 Å². The maximum atomic E-state index is 11.4. The van der Waals surface area contributed by atoms with E-state index in [4.69, 9.17) is 0 Å². The summed E-state index contributed by atoms with van der Waals surface area (Å²) in [4.78, 5) is 11.4. The van der Waals surface area contributed by atoms with Gasteiger partial charge in [0.15, 0.2) is 0 Å². The minimum absolute atomic E-state index is 0. The Kier molecular flexibility index (Phi) is 4.99. The molecule has 2 heterocycles. The first kappa shape index (κ1) is 13.0. The van der Waals surface area contributed by atoms with Crippen molar-refractivity contribution in [2.45, 2.75) is 12.0 Å². The highest BCUT2D eigenvalue weighted by molar-refractivity contribution is 5.88. The third-order valence-electron chi connectivity index (χ3n) is 2.39. The molecule has 2 aliphatic rings. The predicted molar refractivity (Wildman–Crippen MR) is 55.7 cm³/mol. The van der Waals surface area contributed by atoms with Gasteiger partial charge in [-0.3, -0.25) is 4.79 Å². The van der Waals surface area contributed by atoms with E-state index >= 15 is 0 Å². The lowest BCUT2D eigenvalue weighted by Gasteiger charge is -2.40. The summed E-state index contributed by atoms with van der Waals surface area (Å²) in [5.41, 5.74) is -0.267. The highest BCUT2D eigenvalue weighted by Crippen LogP contribution is 2.12. The van der Waals surface area contributed by atoms with Crippen LogP contribution in [0.25, 0.3) is 0 Å². The lowest BCUT2D eigenvalue weighted by Crippen LogP contribution is -2.73. The molecular weight excluding hydrogens is 213 g/mol. The third-order valence-corrected chi connectivity index (χ3v) is 2.39. The van der Waals surface area contributed by atoms with E-state index in [1.807, 2.05) is 0 Å². The Hall–Kier alpha value is -0.0300. The Bertz CT molecular complexity index is 185. The summed E-state index contributed by atoms with van der Waals surface area (Å²) in [6.45, 7) is 3.31. The van der Waals surface area contributed by atoms with Gasteiger partial charge in [0, 0.05) is 19.6 Å². The summed E-state index contributed by atoms with van der Waals surface area (Å²) in [5.74, 6) is 0.161. The fourth-order valence-corrected chi connectivity index (χ4v) is 1.53. The number of halogens is 2. The Morgan fingerprint density at radius 2 is 1.85 bits per heavy atom. The Labute approximate surface area is 90.0 Å². The molecule has 0 bridgehead atoms. The van der Waals surface area contributed by atoms with Crippen molar-refractivity contribution in [3.05, 3.63) is 0 Å². The molecule has 2 fully saturated rings. The first-order valence-electron chi connectivity index (χ1n) is 4.08. The van der Waals surface area contributed by atoms with E-state index in [2.05, 4.69) is 16.0 Å². The topological polar surface area (TPSA) is 53.2 Å². The molecule has 1 amide bonds. The van der Waals surface area contributed by atoms with Crippen LogP contribution in [0.3, 0.4) is 0 Å². The quantitative estimate of drug-likeness (QED) is 0.513. The molecule has 1 spiro atoms. The number of nitrogens with one attached hydrogen (secondary N) is 3. The van der Waals surface area contributed by atoms with Gasteiger partial charge in [0.25, 0.3) is 0 Å². The van der Waals surface area contributed by atoms with Crippen LogP contribution in [0.1, 0.15) is 6.42 Å². The third kappa shape index (κ3) is 2.26. The first-order chi connectivity index (χ1) is 5.33. The number of rotatable bonds is 0. The molecule has 0 aromatic heterocycles. The minimum atomic E-state index is -0.267. The molecule has 13 heavy (non-hydrogen) atoms. The summed E-state index contributed by atoms with van der Waals surface area (Å²) in [7, 11) is 0. The largest absolute Gasteiger partial charge is 0.354 e. The normalized spacial score (nSPS) is 24.5. The zero-order valence-corrected chi connectivity index (χ0v) is 8.89. The van der Waals surface area contributed by atoms with Crippen LogP contribution in [0, 0.1) is 0 Å². The van der Waals surface area contributed by atoms with Gasteiger partial charge in [-0.25, -0.2) is 0 Å². The average molecular weight is 228 g/mol. The van der Waals surface area contributed by atoms with E-state index < -0.39 is 0 Å². The second-order valence-corrected chi connectivity index (χ2v) is 3.22. The van der Waals surface area contributed by atoms with E-state index in [1.165, 1.54) is 0 Å². The van der Waals surface area contributed by atoms with Crippen LogP contribution in [0.5, 0.6) is 0 Å². The highest BCUT2D eigenvalue weighted by atomic mass is 35.5. The van der Waals surface area contributed by atoms with E-state index in [9.17, 15) is 4.79 Å². The van der Waals surface area contributed by atoms with Gasteiger partial charge in [0.1, 0.15) is 5.54 Å². The van der Waals surface area contributed by atoms with Crippen molar-refractivity contribution in [3.8, 4) is 0 Å². The monoisotopic (exact) mass is 227 g/mol. The zero-order chi connectivity index (χ0) is 7.73. The molecule has 0 unspecified atom stereocenters. The van der Waals surface area contributed by atoms with Gasteiger partial charge in [-0.05, 0) is 13.0 Å². The van der Waals surface area contributed by atoms with Crippen molar-refractivity contribution in [2.24, 2.45) is 0 Å². The second kappa shape index (κ2) is 5.00. The fourth-order valence-electron chi connectivity index (χ4n) is 1.53. The summed E-state index contributed by atoms with van der Waals surface area (Å²) < 4.78 is 0. The molecule has 2 aliphatic heterocycles. The van der Waals surface area contributed by atoms with Crippen LogP contribution in [-0.4, -0.2) is 37.6 Å². The standard InChI is InChI=1S/C7H13N3O.2ClH/c11-6-7(4-8-5-7)10-3-1-2-9-6;;/h8,10H,1-5H2,(H,9,11);2*1H. The van der Waals surface area contributed by atoms with Gasteiger partial charge >= 0.3 is 0 Å². The van der Waals surface area contributed by atoms with Crippen molar-refractivity contribution in [1.82, 2.24) is 16.0 Å². The van der Waals surface area contributed by atoms with Crippen LogP contribution < -0.4 is 16.0 Å². The Morgan fingerprint density at radius 3 is 2.38 bits per heavy atom. The first-order valence-corrected chi connectivity index (χ1v) is 4.08. The Balaban J connectivity index is 0.000000720. The molecule has 0 aromatic carbocycles. The molecule has 0 atom stereocenters. The molecule has 0 radical (unpaired) electrons. The van der Waals surface area contributed by atoms with Crippen LogP contribution in [0.4, 0.5) is 0 Å². The molecule has 6 heteroatoms. The number of hydrogen-bond donors (Lipinski definition) is 3. The molecule has 0 aromatic rings. The molecule has 0 saturated carbocycles. The SMILES string of the molecule is Cl.Cl.O=C1NCCCNC12CNC2. The van der Waals surface area contributed by atoms with Crippen molar-refractivity contribution in [3.63, 3.8) is 0 Å². The number of carbonyl (C=O) groups excluding carboxylic acids is 1. The fraction of sp³-hybridized carbons (Fsp3) is 0.857.